The lowest BCUT2D eigenvalue weighted by Gasteiger charge is -2.37. The van der Waals surface area contributed by atoms with Crippen molar-refractivity contribution in [2.75, 3.05) is 25.5 Å². The number of amides is 2. The van der Waals surface area contributed by atoms with E-state index < -0.39 is 15.1 Å². The predicted molar refractivity (Wildman–Crippen MR) is 85.5 cm³/mol. The summed E-state index contributed by atoms with van der Waals surface area (Å²) in [5.74, 6) is 0.694. The lowest BCUT2D eigenvalue weighted by Crippen LogP contribution is -2.49. The topological polar surface area (TPSA) is 84.5 Å². The van der Waals surface area contributed by atoms with Crippen LogP contribution in [0.15, 0.2) is 0 Å². The molecule has 22 heavy (non-hydrogen) atoms. The fraction of sp³-hybridized carbons (Fsp3) is 0.933. The molecule has 0 aromatic rings. The van der Waals surface area contributed by atoms with Gasteiger partial charge in [-0.05, 0) is 37.5 Å². The number of carbonyl (C=O) groups is 1. The first-order valence-electron chi connectivity index (χ1n) is 8.06. The van der Waals surface area contributed by atoms with Crippen molar-refractivity contribution in [3.63, 3.8) is 0 Å². The van der Waals surface area contributed by atoms with Gasteiger partial charge in [0.2, 0.25) is 0 Å². The summed E-state index contributed by atoms with van der Waals surface area (Å²) in [5.41, 5.74) is 0.00842. The van der Waals surface area contributed by atoms with E-state index in [9.17, 15) is 13.2 Å². The van der Waals surface area contributed by atoms with Gasteiger partial charge in [-0.15, -0.1) is 0 Å². The molecule has 0 unspecified atom stereocenters. The molecule has 2 rings (SSSR count). The van der Waals surface area contributed by atoms with Gasteiger partial charge >= 0.3 is 6.03 Å². The van der Waals surface area contributed by atoms with Crippen molar-refractivity contribution in [1.29, 1.82) is 0 Å². The number of nitrogens with one attached hydrogen (secondary N) is 2. The average molecular weight is 332 g/mol. The third kappa shape index (κ3) is 4.13. The third-order valence-electron chi connectivity index (χ3n) is 5.19. The number of ether oxygens (including phenoxy) is 1. The van der Waals surface area contributed by atoms with Crippen molar-refractivity contribution in [2.45, 2.75) is 51.3 Å². The predicted octanol–water partition coefficient (Wildman–Crippen LogP) is 1.31. The van der Waals surface area contributed by atoms with E-state index in [1.165, 1.54) is 0 Å². The van der Waals surface area contributed by atoms with Crippen LogP contribution in [-0.4, -0.2) is 51.3 Å². The third-order valence-corrected chi connectivity index (χ3v) is 7.46. The maximum atomic E-state index is 12.0. The van der Waals surface area contributed by atoms with E-state index in [0.29, 0.717) is 18.9 Å². The molecule has 0 spiro atoms. The van der Waals surface area contributed by atoms with Gasteiger partial charge in [-0.25, -0.2) is 13.2 Å². The van der Waals surface area contributed by atoms with Gasteiger partial charge in [0, 0.05) is 25.8 Å². The van der Waals surface area contributed by atoms with E-state index >= 15 is 0 Å². The minimum absolute atomic E-state index is 0.00842. The second-order valence-electron chi connectivity index (χ2n) is 7.17. The van der Waals surface area contributed by atoms with E-state index in [4.69, 9.17) is 4.74 Å². The average Bonchev–Trinajstić information content (AvgIpc) is 2.73. The summed E-state index contributed by atoms with van der Waals surface area (Å²) < 4.78 is 28.8. The standard InChI is InChI=1S/C15H28N2O4S/c1-11-13(6-9-22(11,19)20)17-14(18)16-10-15(2,3)12-4-7-21-8-5-12/h11-13H,4-10H2,1-3H3,(H2,16,17,18)/t11-,13-/m1/s1. The summed E-state index contributed by atoms with van der Waals surface area (Å²) in [5, 5.41) is 5.22. The molecule has 0 aromatic carbocycles. The van der Waals surface area contributed by atoms with E-state index in [0.717, 1.165) is 26.1 Å². The van der Waals surface area contributed by atoms with Gasteiger partial charge in [0.15, 0.2) is 9.84 Å². The van der Waals surface area contributed by atoms with Gasteiger partial charge < -0.3 is 15.4 Å². The van der Waals surface area contributed by atoms with Crippen LogP contribution in [0, 0.1) is 11.3 Å². The number of sulfone groups is 1. The lowest BCUT2D eigenvalue weighted by atomic mass is 9.74. The fourth-order valence-corrected chi connectivity index (χ4v) is 4.96. The second kappa shape index (κ2) is 6.74. The Labute approximate surface area is 133 Å². The zero-order valence-corrected chi connectivity index (χ0v) is 14.5. The molecule has 0 aromatic heterocycles. The summed E-state index contributed by atoms with van der Waals surface area (Å²) in [4.78, 5) is 12.0. The normalized spacial score (nSPS) is 29.2. The molecule has 2 heterocycles. The van der Waals surface area contributed by atoms with Crippen molar-refractivity contribution < 1.29 is 17.9 Å². The van der Waals surface area contributed by atoms with Crippen LogP contribution in [0.1, 0.15) is 40.0 Å². The van der Waals surface area contributed by atoms with Crippen molar-refractivity contribution in [2.24, 2.45) is 11.3 Å². The minimum atomic E-state index is -3.04. The minimum Gasteiger partial charge on any atom is -0.381 e. The van der Waals surface area contributed by atoms with Crippen LogP contribution in [0.5, 0.6) is 0 Å². The van der Waals surface area contributed by atoms with Gasteiger partial charge in [0.1, 0.15) is 0 Å². The highest BCUT2D eigenvalue weighted by Crippen LogP contribution is 2.33. The smallest absolute Gasteiger partial charge is 0.315 e. The number of hydrogen-bond acceptors (Lipinski definition) is 4. The van der Waals surface area contributed by atoms with Crippen molar-refractivity contribution >= 4 is 15.9 Å². The summed E-state index contributed by atoms with van der Waals surface area (Å²) >= 11 is 0. The molecule has 7 heteroatoms. The Morgan fingerprint density at radius 1 is 1.23 bits per heavy atom. The summed E-state index contributed by atoms with van der Waals surface area (Å²) in [6, 6.07) is -0.551. The van der Waals surface area contributed by atoms with Crippen molar-refractivity contribution in [3.8, 4) is 0 Å². The highest BCUT2D eigenvalue weighted by Gasteiger charge is 2.38. The fourth-order valence-electron chi connectivity index (χ4n) is 3.30. The lowest BCUT2D eigenvalue weighted by molar-refractivity contribution is 0.0236. The first kappa shape index (κ1) is 17.5. The zero-order valence-electron chi connectivity index (χ0n) is 13.7. The molecule has 2 atom stereocenters. The number of hydrogen-bond donors (Lipinski definition) is 2. The van der Waals surface area contributed by atoms with E-state index in [-0.39, 0.29) is 23.2 Å². The van der Waals surface area contributed by atoms with E-state index in [1.807, 2.05) is 0 Å². The van der Waals surface area contributed by atoms with Crippen LogP contribution in [-0.2, 0) is 14.6 Å². The Morgan fingerprint density at radius 2 is 1.86 bits per heavy atom. The highest BCUT2D eigenvalue weighted by molar-refractivity contribution is 7.92. The van der Waals surface area contributed by atoms with Crippen LogP contribution in [0.25, 0.3) is 0 Å². The Balaban J connectivity index is 1.80. The Morgan fingerprint density at radius 3 is 2.41 bits per heavy atom. The van der Waals surface area contributed by atoms with E-state index in [2.05, 4.69) is 24.5 Å². The van der Waals surface area contributed by atoms with Gasteiger partial charge in [-0.3, -0.25) is 0 Å². The van der Waals surface area contributed by atoms with Crippen LogP contribution in [0.2, 0.25) is 0 Å². The SMILES string of the molecule is C[C@@H]1[C@H](NC(=O)NCC(C)(C)C2CCOCC2)CCS1(=O)=O. The molecular weight excluding hydrogens is 304 g/mol. The highest BCUT2D eigenvalue weighted by atomic mass is 32.2. The van der Waals surface area contributed by atoms with Gasteiger partial charge in [-0.1, -0.05) is 13.8 Å². The maximum Gasteiger partial charge on any atom is 0.315 e. The van der Waals surface area contributed by atoms with Crippen molar-refractivity contribution in [1.82, 2.24) is 10.6 Å². The van der Waals surface area contributed by atoms with Gasteiger partial charge in [0.25, 0.3) is 0 Å². The molecule has 2 saturated heterocycles. The van der Waals surface area contributed by atoms with Crippen molar-refractivity contribution in [3.05, 3.63) is 0 Å². The largest absolute Gasteiger partial charge is 0.381 e. The van der Waals surface area contributed by atoms with Crippen LogP contribution in [0.4, 0.5) is 4.79 Å². The summed E-state index contributed by atoms with van der Waals surface area (Å²) in [7, 11) is -3.04. The molecule has 0 saturated carbocycles. The molecule has 128 valence electrons. The van der Waals surface area contributed by atoms with Gasteiger partial charge in [0.05, 0.1) is 11.0 Å². The Kier molecular flexibility index (Phi) is 5.37. The first-order chi connectivity index (χ1) is 10.2. The molecule has 0 radical (unpaired) electrons. The Hall–Kier alpha value is -0.820. The molecule has 0 bridgehead atoms. The summed E-state index contributed by atoms with van der Waals surface area (Å²) in [6.07, 6.45) is 2.54. The number of carbonyl (C=O) groups excluding carboxylic acids is 1. The Bertz CT molecular complexity index is 498. The van der Waals surface area contributed by atoms with E-state index in [1.54, 1.807) is 6.92 Å². The monoisotopic (exact) mass is 332 g/mol. The quantitative estimate of drug-likeness (QED) is 0.813. The molecular formula is C15H28N2O4S. The molecule has 2 amide bonds. The first-order valence-corrected chi connectivity index (χ1v) is 9.77. The number of urea groups is 1. The molecule has 2 aliphatic rings. The van der Waals surface area contributed by atoms with Crippen LogP contribution in [0.3, 0.4) is 0 Å². The summed E-state index contributed by atoms with van der Waals surface area (Å²) in [6.45, 7) is 8.14. The molecule has 2 N–H and O–H groups in total. The molecule has 6 nitrogen and oxygen atoms in total. The van der Waals surface area contributed by atoms with Gasteiger partial charge in [-0.2, -0.15) is 0 Å². The molecule has 2 aliphatic heterocycles. The molecule has 2 fully saturated rings. The molecule has 0 aliphatic carbocycles. The number of rotatable bonds is 4. The maximum absolute atomic E-state index is 12.0. The second-order valence-corrected chi connectivity index (χ2v) is 9.65. The van der Waals surface area contributed by atoms with Crippen LogP contribution >= 0.6 is 0 Å². The van der Waals surface area contributed by atoms with Crippen LogP contribution < -0.4 is 10.6 Å². The zero-order chi connectivity index (χ0) is 16.4.